The molecule has 0 bridgehead atoms. The van der Waals surface area contributed by atoms with Gasteiger partial charge >= 0.3 is 0 Å². The number of nitrogens with zero attached hydrogens (tertiary/aromatic N) is 2. The minimum absolute atomic E-state index is 0.0377. The molecule has 1 amide bonds. The molecule has 0 unspecified atom stereocenters. The Morgan fingerprint density at radius 2 is 1.78 bits per heavy atom. The monoisotopic (exact) mass is 374 g/mol. The van der Waals surface area contributed by atoms with Gasteiger partial charge in [0.1, 0.15) is 0 Å². The Kier molecular flexibility index (Phi) is 11.2. The molecule has 0 aliphatic carbocycles. The van der Waals surface area contributed by atoms with Crippen LogP contribution in [0.2, 0.25) is 0 Å². The van der Waals surface area contributed by atoms with E-state index >= 15 is 0 Å². The lowest BCUT2D eigenvalue weighted by Crippen LogP contribution is -2.38. The molecule has 2 N–H and O–H groups in total. The standard InChI is InChI=1S/C22H38N4O/c1-18(2)11-8-6-7-9-15-24-22(23-3)25-16-14-19-12-10-13-20(17-19)21(27)26(4)5/h10,12-13,17-18H,6-9,11,14-16H2,1-5H3,(H2,23,24,25). The van der Waals surface area contributed by atoms with E-state index in [1.165, 1.54) is 32.1 Å². The molecule has 152 valence electrons. The Balaban J connectivity index is 2.26. The first-order chi connectivity index (χ1) is 12.9. The second kappa shape index (κ2) is 13.2. The van der Waals surface area contributed by atoms with Crippen LogP contribution in [0.25, 0.3) is 0 Å². The summed E-state index contributed by atoms with van der Waals surface area (Å²) in [5.74, 6) is 1.70. The van der Waals surface area contributed by atoms with Crippen LogP contribution in [0.5, 0.6) is 0 Å². The van der Waals surface area contributed by atoms with Gasteiger partial charge in [-0.25, -0.2) is 0 Å². The number of carbonyl (C=O) groups is 1. The van der Waals surface area contributed by atoms with Crippen LogP contribution in [0, 0.1) is 5.92 Å². The molecule has 0 atom stereocenters. The lowest BCUT2D eigenvalue weighted by molar-refractivity contribution is 0.0827. The molecule has 27 heavy (non-hydrogen) atoms. The van der Waals surface area contributed by atoms with E-state index in [0.29, 0.717) is 0 Å². The number of hydrogen-bond acceptors (Lipinski definition) is 2. The number of amides is 1. The maximum Gasteiger partial charge on any atom is 0.253 e. The molecule has 1 aromatic carbocycles. The summed E-state index contributed by atoms with van der Waals surface area (Å²) in [5.41, 5.74) is 1.88. The van der Waals surface area contributed by atoms with Gasteiger partial charge in [-0.3, -0.25) is 9.79 Å². The highest BCUT2D eigenvalue weighted by atomic mass is 16.2. The van der Waals surface area contributed by atoms with E-state index in [2.05, 4.69) is 35.5 Å². The van der Waals surface area contributed by atoms with Crippen LogP contribution in [0.1, 0.15) is 61.9 Å². The zero-order valence-electron chi connectivity index (χ0n) is 17.8. The van der Waals surface area contributed by atoms with E-state index in [0.717, 1.165) is 42.5 Å². The fourth-order valence-electron chi connectivity index (χ4n) is 2.90. The summed E-state index contributed by atoms with van der Waals surface area (Å²) in [6.45, 7) is 6.31. The van der Waals surface area contributed by atoms with Crippen molar-refractivity contribution in [3.8, 4) is 0 Å². The number of rotatable bonds is 11. The van der Waals surface area contributed by atoms with Crippen LogP contribution in [0.4, 0.5) is 0 Å². The van der Waals surface area contributed by atoms with Gasteiger partial charge in [0.25, 0.3) is 5.91 Å². The Morgan fingerprint density at radius 3 is 2.44 bits per heavy atom. The number of nitrogens with one attached hydrogen (secondary N) is 2. The van der Waals surface area contributed by atoms with E-state index in [-0.39, 0.29) is 5.91 Å². The molecule has 0 aromatic heterocycles. The lowest BCUT2D eigenvalue weighted by atomic mass is 10.0. The summed E-state index contributed by atoms with van der Waals surface area (Å²) in [5, 5.41) is 6.73. The Labute approximate surface area is 165 Å². The van der Waals surface area contributed by atoms with Crippen LogP contribution in [0.15, 0.2) is 29.3 Å². The van der Waals surface area contributed by atoms with Crippen LogP contribution < -0.4 is 10.6 Å². The molecule has 0 spiro atoms. The summed E-state index contributed by atoms with van der Waals surface area (Å²) >= 11 is 0. The average Bonchev–Trinajstić information content (AvgIpc) is 2.65. The van der Waals surface area contributed by atoms with Gasteiger partial charge in [-0.1, -0.05) is 51.7 Å². The molecule has 0 saturated heterocycles. The zero-order chi connectivity index (χ0) is 20.1. The number of hydrogen-bond donors (Lipinski definition) is 2. The second-order valence-electron chi connectivity index (χ2n) is 7.67. The highest BCUT2D eigenvalue weighted by Crippen LogP contribution is 2.09. The Morgan fingerprint density at radius 1 is 1.07 bits per heavy atom. The third-order valence-electron chi connectivity index (χ3n) is 4.51. The van der Waals surface area contributed by atoms with E-state index in [9.17, 15) is 4.79 Å². The topological polar surface area (TPSA) is 56.7 Å². The molecule has 0 aliphatic heterocycles. The molecule has 0 saturated carbocycles. The van der Waals surface area contributed by atoms with Crippen LogP contribution in [-0.4, -0.2) is 51.0 Å². The minimum atomic E-state index is 0.0377. The number of benzene rings is 1. The van der Waals surface area contributed by atoms with E-state index < -0.39 is 0 Å². The van der Waals surface area contributed by atoms with Crippen LogP contribution in [-0.2, 0) is 6.42 Å². The molecular formula is C22H38N4O. The number of aliphatic imine (C=N–C) groups is 1. The summed E-state index contributed by atoms with van der Waals surface area (Å²) in [7, 11) is 5.35. The molecule has 0 heterocycles. The maximum absolute atomic E-state index is 12.1. The largest absolute Gasteiger partial charge is 0.356 e. The molecule has 0 fully saturated rings. The quantitative estimate of drug-likeness (QED) is 0.353. The van der Waals surface area contributed by atoms with Gasteiger partial charge in [0, 0.05) is 39.8 Å². The second-order valence-corrected chi connectivity index (χ2v) is 7.67. The maximum atomic E-state index is 12.1. The number of carbonyl (C=O) groups excluding carboxylic acids is 1. The average molecular weight is 375 g/mol. The van der Waals surface area contributed by atoms with Gasteiger partial charge in [-0.05, 0) is 36.5 Å². The van der Waals surface area contributed by atoms with Crippen molar-refractivity contribution in [2.75, 3.05) is 34.2 Å². The van der Waals surface area contributed by atoms with Crippen molar-refractivity contribution < 1.29 is 4.79 Å². The first kappa shape index (κ1) is 23.0. The van der Waals surface area contributed by atoms with Crippen molar-refractivity contribution >= 4 is 11.9 Å². The smallest absolute Gasteiger partial charge is 0.253 e. The summed E-state index contributed by atoms with van der Waals surface area (Å²) in [6, 6.07) is 7.83. The number of guanidine groups is 1. The van der Waals surface area contributed by atoms with Crippen LogP contribution >= 0.6 is 0 Å². The predicted molar refractivity (Wildman–Crippen MR) is 115 cm³/mol. The van der Waals surface area contributed by atoms with Crippen LogP contribution in [0.3, 0.4) is 0 Å². The minimum Gasteiger partial charge on any atom is -0.356 e. The van der Waals surface area contributed by atoms with Gasteiger partial charge in [0.05, 0.1) is 0 Å². The summed E-state index contributed by atoms with van der Waals surface area (Å²) < 4.78 is 0. The summed E-state index contributed by atoms with van der Waals surface area (Å²) in [6.07, 6.45) is 7.27. The van der Waals surface area contributed by atoms with E-state index in [4.69, 9.17) is 0 Å². The van der Waals surface area contributed by atoms with Crippen molar-refractivity contribution in [1.29, 1.82) is 0 Å². The first-order valence-electron chi connectivity index (χ1n) is 10.2. The van der Waals surface area contributed by atoms with Crippen molar-refractivity contribution in [3.05, 3.63) is 35.4 Å². The number of unbranched alkanes of at least 4 members (excludes halogenated alkanes) is 3. The first-order valence-corrected chi connectivity index (χ1v) is 10.2. The Bertz CT molecular complexity index is 581. The molecule has 5 nitrogen and oxygen atoms in total. The van der Waals surface area contributed by atoms with Gasteiger partial charge in [0.2, 0.25) is 0 Å². The molecular weight excluding hydrogens is 336 g/mol. The summed E-state index contributed by atoms with van der Waals surface area (Å²) in [4.78, 5) is 17.9. The van der Waals surface area contributed by atoms with Gasteiger partial charge < -0.3 is 15.5 Å². The van der Waals surface area contributed by atoms with Gasteiger partial charge in [-0.2, -0.15) is 0 Å². The van der Waals surface area contributed by atoms with Gasteiger partial charge in [0.15, 0.2) is 5.96 Å². The van der Waals surface area contributed by atoms with Crippen molar-refractivity contribution in [2.24, 2.45) is 10.9 Å². The molecule has 1 rings (SSSR count). The predicted octanol–water partition coefficient (Wildman–Crippen LogP) is 3.70. The normalized spacial score (nSPS) is 11.6. The highest BCUT2D eigenvalue weighted by Gasteiger charge is 2.08. The zero-order valence-corrected chi connectivity index (χ0v) is 17.8. The van der Waals surface area contributed by atoms with Crippen molar-refractivity contribution in [1.82, 2.24) is 15.5 Å². The fourth-order valence-corrected chi connectivity index (χ4v) is 2.90. The van der Waals surface area contributed by atoms with Crippen molar-refractivity contribution in [3.63, 3.8) is 0 Å². The Hall–Kier alpha value is -2.04. The molecule has 0 aliphatic rings. The fraction of sp³-hybridized carbons (Fsp3) is 0.636. The third-order valence-corrected chi connectivity index (χ3v) is 4.51. The highest BCUT2D eigenvalue weighted by molar-refractivity contribution is 5.94. The van der Waals surface area contributed by atoms with E-state index in [1.807, 2.05) is 18.2 Å². The van der Waals surface area contributed by atoms with E-state index in [1.54, 1.807) is 26.0 Å². The lowest BCUT2D eigenvalue weighted by Gasteiger charge is -2.13. The molecule has 1 aromatic rings. The van der Waals surface area contributed by atoms with Crippen molar-refractivity contribution in [2.45, 2.75) is 52.4 Å². The SMILES string of the molecule is CN=C(NCCCCCCC(C)C)NCCc1cccc(C(=O)N(C)C)c1. The molecule has 0 radical (unpaired) electrons. The molecule has 5 heteroatoms. The third kappa shape index (κ3) is 10.0. The van der Waals surface area contributed by atoms with Gasteiger partial charge in [-0.15, -0.1) is 0 Å².